The summed E-state index contributed by atoms with van der Waals surface area (Å²) in [6.45, 7) is 6.28. The monoisotopic (exact) mass is 769 g/mol. The first-order valence-electron chi connectivity index (χ1n) is 18.7. The standard InChI is InChI=1S/C43H43N7OS3/c1-6-8-10-12-20-49-32-22-30(19-16-27-14-17-29(18-15-27)47(3)4)52-39(32)41-37(49)38-42(54-41)40-33(50(38)21-13-11-9-7-2)23-34(53-40)35-31(26-46)36(28(24-44)25-45)48(5)43(35)51/h14-19,22-23H,6-13,20-21H2,1-5H3/b19-16+. The number of fused-ring (bicyclic) bond motifs is 7. The number of allylic oxidation sites excluding steroid dienone is 2. The number of thiophene rings is 3. The van der Waals surface area contributed by atoms with Crippen molar-refractivity contribution in [1.82, 2.24) is 14.0 Å². The quantitative estimate of drug-likeness (QED) is 0.0810. The van der Waals surface area contributed by atoms with Gasteiger partial charge in [0, 0.05) is 49.7 Å². The van der Waals surface area contributed by atoms with E-state index in [4.69, 9.17) is 0 Å². The second-order valence-corrected chi connectivity index (χ2v) is 17.2. The summed E-state index contributed by atoms with van der Waals surface area (Å²) in [6, 6.07) is 19.0. The maximum absolute atomic E-state index is 13.7. The van der Waals surface area contributed by atoms with E-state index in [1.54, 1.807) is 0 Å². The van der Waals surface area contributed by atoms with Crippen molar-refractivity contribution in [3.8, 4) is 18.2 Å². The molecule has 0 N–H and O–H groups in total. The van der Waals surface area contributed by atoms with Crippen molar-refractivity contribution in [2.45, 2.75) is 78.3 Å². The molecule has 5 aromatic heterocycles. The van der Waals surface area contributed by atoms with Crippen molar-refractivity contribution in [2.24, 2.45) is 0 Å². The van der Waals surface area contributed by atoms with Crippen LogP contribution in [0.2, 0.25) is 0 Å². The number of hydrogen-bond acceptors (Lipinski definition) is 8. The van der Waals surface area contributed by atoms with Gasteiger partial charge in [0.15, 0.2) is 5.57 Å². The highest BCUT2D eigenvalue weighted by atomic mass is 32.1. The van der Waals surface area contributed by atoms with Crippen molar-refractivity contribution in [3.63, 3.8) is 0 Å². The number of likely N-dealkylation sites (N-methyl/N-ethyl adjacent to an activating group) is 1. The van der Waals surface area contributed by atoms with Gasteiger partial charge in [-0.3, -0.25) is 4.79 Å². The average molecular weight is 770 g/mol. The molecule has 0 aliphatic carbocycles. The van der Waals surface area contributed by atoms with Crippen molar-refractivity contribution < 1.29 is 4.79 Å². The molecule has 274 valence electrons. The van der Waals surface area contributed by atoms with E-state index in [1.165, 1.54) is 95.7 Å². The Balaban J connectivity index is 1.41. The van der Waals surface area contributed by atoms with Crippen LogP contribution in [0, 0.1) is 34.0 Å². The highest BCUT2D eigenvalue weighted by molar-refractivity contribution is 7.34. The molecule has 0 unspecified atom stereocenters. The number of nitriles is 3. The molecule has 0 atom stereocenters. The number of aryl methyl sites for hydroxylation is 2. The maximum atomic E-state index is 13.7. The summed E-state index contributed by atoms with van der Waals surface area (Å²) < 4.78 is 9.96. The second kappa shape index (κ2) is 15.7. The Morgan fingerprint density at radius 1 is 0.759 bits per heavy atom. The molecular formula is C43H43N7OS3. The fourth-order valence-corrected chi connectivity index (χ4v) is 11.4. The van der Waals surface area contributed by atoms with Gasteiger partial charge in [-0.2, -0.15) is 15.8 Å². The predicted octanol–water partition coefficient (Wildman–Crippen LogP) is 11.5. The fourth-order valence-electron chi connectivity index (χ4n) is 7.52. The number of hydrogen-bond donors (Lipinski definition) is 0. The number of carbonyl (C=O) groups is 1. The van der Waals surface area contributed by atoms with Crippen molar-refractivity contribution in [1.29, 1.82) is 15.8 Å². The minimum atomic E-state index is -0.372. The van der Waals surface area contributed by atoms with Gasteiger partial charge < -0.3 is 18.9 Å². The predicted molar refractivity (Wildman–Crippen MR) is 228 cm³/mol. The van der Waals surface area contributed by atoms with Gasteiger partial charge >= 0.3 is 0 Å². The lowest BCUT2D eigenvalue weighted by Gasteiger charge is -2.11. The van der Waals surface area contributed by atoms with E-state index in [1.807, 2.05) is 34.8 Å². The van der Waals surface area contributed by atoms with Crippen LogP contribution < -0.4 is 4.90 Å². The second-order valence-electron chi connectivity index (χ2n) is 14.1. The number of aromatic nitrogens is 2. The van der Waals surface area contributed by atoms with Gasteiger partial charge in [0.25, 0.3) is 5.91 Å². The third-order valence-electron chi connectivity index (χ3n) is 10.3. The normalized spacial score (nSPS) is 13.4. The van der Waals surface area contributed by atoms with Gasteiger partial charge in [0.05, 0.1) is 57.7 Å². The number of carbonyl (C=O) groups excluding carboxylic acids is 1. The minimum Gasteiger partial charge on any atom is -0.378 e. The molecule has 11 heteroatoms. The molecule has 0 saturated heterocycles. The van der Waals surface area contributed by atoms with Crippen molar-refractivity contribution in [2.75, 3.05) is 26.0 Å². The van der Waals surface area contributed by atoms with Crippen LogP contribution in [0.5, 0.6) is 0 Å². The Morgan fingerprint density at radius 2 is 1.35 bits per heavy atom. The van der Waals surface area contributed by atoms with E-state index in [9.17, 15) is 20.6 Å². The Hall–Kier alpha value is -5.12. The van der Waals surface area contributed by atoms with E-state index >= 15 is 0 Å². The first-order valence-corrected chi connectivity index (χ1v) is 21.1. The van der Waals surface area contributed by atoms with Crippen LogP contribution in [-0.4, -0.2) is 41.1 Å². The number of amides is 1. The lowest BCUT2D eigenvalue weighted by Crippen LogP contribution is -2.21. The first-order chi connectivity index (χ1) is 26.3. The molecule has 7 rings (SSSR count). The van der Waals surface area contributed by atoms with Crippen LogP contribution in [0.1, 0.15) is 80.5 Å². The molecule has 0 spiro atoms. The summed E-state index contributed by atoms with van der Waals surface area (Å²) in [7, 11) is 5.63. The topological polar surface area (TPSA) is 105 Å². The molecule has 0 bridgehead atoms. The first kappa shape index (κ1) is 37.2. The fraction of sp³-hybridized carbons (Fsp3) is 0.349. The van der Waals surface area contributed by atoms with Crippen molar-refractivity contribution >= 4 is 104 Å². The number of unbranched alkanes of at least 4 members (excludes halogenated alkanes) is 6. The molecule has 0 radical (unpaired) electrons. The summed E-state index contributed by atoms with van der Waals surface area (Å²) in [4.78, 5) is 19.0. The molecule has 6 aromatic rings. The van der Waals surface area contributed by atoms with E-state index < -0.39 is 0 Å². The summed E-state index contributed by atoms with van der Waals surface area (Å²) in [6.07, 6.45) is 13.6. The molecule has 8 nitrogen and oxygen atoms in total. The summed E-state index contributed by atoms with van der Waals surface area (Å²) >= 11 is 5.22. The van der Waals surface area contributed by atoms with Gasteiger partial charge in [-0.1, -0.05) is 70.6 Å². The van der Waals surface area contributed by atoms with Gasteiger partial charge in [-0.05, 0) is 48.7 Å². The largest absolute Gasteiger partial charge is 0.378 e. The van der Waals surface area contributed by atoms with Crippen LogP contribution >= 0.6 is 34.0 Å². The minimum absolute atomic E-state index is 0.0830. The lowest BCUT2D eigenvalue weighted by atomic mass is 10.1. The molecular weight excluding hydrogens is 727 g/mol. The number of benzene rings is 1. The van der Waals surface area contributed by atoms with Crippen LogP contribution in [0.4, 0.5) is 5.69 Å². The van der Waals surface area contributed by atoms with Gasteiger partial charge in [0.2, 0.25) is 0 Å². The Kier molecular flexibility index (Phi) is 10.8. The van der Waals surface area contributed by atoms with Crippen LogP contribution in [0.3, 0.4) is 0 Å². The SMILES string of the molecule is CCCCCCn1c2cc(/C=C/c3ccc(N(C)C)cc3)sc2c2sc3c4sc(C5=C(C#N)C(=C(C#N)C#N)N(C)C5=O)cc4n(CCCCCC)c3c21. The van der Waals surface area contributed by atoms with Gasteiger partial charge in [-0.25, -0.2) is 0 Å². The summed E-state index contributed by atoms with van der Waals surface area (Å²) in [5.41, 5.74) is 7.46. The van der Waals surface area contributed by atoms with Crippen LogP contribution in [0.25, 0.3) is 58.6 Å². The highest BCUT2D eigenvalue weighted by Gasteiger charge is 2.37. The zero-order valence-corrected chi connectivity index (χ0v) is 33.9. The van der Waals surface area contributed by atoms with E-state index in [0.717, 1.165) is 49.0 Å². The van der Waals surface area contributed by atoms with Gasteiger partial charge in [-0.15, -0.1) is 34.0 Å². The Bertz CT molecular complexity index is 2610. The summed E-state index contributed by atoms with van der Waals surface area (Å²) in [5, 5.41) is 29.5. The number of rotatable bonds is 14. The van der Waals surface area contributed by atoms with E-state index in [0.29, 0.717) is 4.88 Å². The Morgan fingerprint density at radius 3 is 1.91 bits per heavy atom. The average Bonchev–Trinajstić information content (AvgIpc) is 4.00. The van der Waals surface area contributed by atoms with E-state index in [-0.39, 0.29) is 28.3 Å². The molecule has 1 aromatic carbocycles. The third-order valence-corrected chi connectivity index (χ3v) is 14.0. The third kappa shape index (κ3) is 6.43. The lowest BCUT2D eigenvalue weighted by molar-refractivity contribution is -0.121. The van der Waals surface area contributed by atoms with Crippen LogP contribution in [-0.2, 0) is 17.9 Å². The molecule has 1 aliphatic rings. The zero-order chi connectivity index (χ0) is 38.1. The van der Waals surface area contributed by atoms with E-state index in [2.05, 4.69) is 96.6 Å². The molecule has 1 aliphatic heterocycles. The number of anilines is 1. The molecule has 54 heavy (non-hydrogen) atoms. The maximum Gasteiger partial charge on any atom is 0.260 e. The smallest absolute Gasteiger partial charge is 0.260 e. The molecule has 0 saturated carbocycles. The molecule has 0 fully saturated rings. The number of nitrogens with zero attached hydrogens (tertiary/aromatic N) is 7. The highest BCUT2D eigenvalue weighted by Crippen LogP contribution is 2.51. The summed E-state index contributed by atoms with van der Waals surface area (Å²) in [5.74, 6) is -0.372. The molecule has 1 amide bonds. The van der Waals surface area contributed by atoms with Gasteiger partial charge in [0.1, 0.15) is 18.2 Å². The zero-order valence-electron chi connectivity index (χ0n) is 31.5. The van der Waals surface area contributed by atoms with Crippen LogP contribution in [0.15, 0.2) is 53.2 Å². The Labute approximate surface area is 328 Å². The molecule has 6 heterocycles. The van der Waals surface area contributed by atoms with Crippen molar-refractivity contribution in [3.05, 3.63) is 68.6 Å².